The molecule has 1 amide bonds. The highest BCUT2D eigenvalue weighted by Crippen LogP contribution is 2.38. The Bertz CT molecular complexity index is 356. The van der Waals surface area contributed by atoms with Gasteiger partial charge in [-0.25, -0.2) is 0 Å². The van der Waals surface area contributed by atoms with Gasteiger partial charge in [0.05, 0.1) is 0 Å². The van der Waals surface area contributed by atoms with E-state index in [0.29, 0.717) is 18.8 Å². The number of carbonyl (C=O) groups excluding carboxylic acids is 1. The third kappa shape index (κ3) is 3.01. The molecule has 0 unspecified atom stereocenters. The van der Waals surface area contributed by atoms with Crippen LogP contribution in [0.15, 0.2) is 5.16 Å². The predicted molar refractivity (Wildman–Crippen MR) is 73.9 cm³/mol. The van der Waals surface area contributed by atoms with Crippen molar-refractivity contribution in [3.63, 3.8) is 0 Å². The molecule has 2 saturated carbocycles. The van der Waals surface area contributed by atoms with Gasteiger partial charge in [0.15, 0.2) is 5.84 Å². The summed E-state index contributed by atoms with van der Waals surface area (Å²) in [5.41, 5.74) is 5.12. The van der Waals surface area contributed by atoms with Crippen LogP contribution >= 0.6 is 0 Å². The second-order valence-corrected chi connectivity index (χ2v) is 6.11. The summed E-state index contributed by atoms with van der Waals surface area (Å²) in [4.78, 5) is 14.6. The molecule has 2 fully saturated rings. The second-order valence-electron chi connectivity index (χ2n) is 6.11. The van der Waals surface area contributed by atoms with E-state index < -0.39 is 5.41 Å². The molecule has 0 saturated heterocycles. The van der Waals surface area contributed by atoms with Gasteiger partial charge in [-0.3, -0.25) is 4.79 Å². The molecule has 0 aromatic rings. The van der Waals surface area contributed by atoms with E-state index in [9.17, 15) is 4.79 Å². The van der Waals surface area contributed by atoms with E-state index in [0.717, 1.165) is 32.2 Å². The number of hydrogen-bond donors (Lipinski definition) is 2. The van der Waals surface area contributed by atoms with Gasteiger partial charge in [0.1, 0.15) is 5.41 Å². The van der Waals surface area contributed by atoms with Crippen molar-refractivity contribution in [1.82, 2.24) is 4.90 Å². The molecule has 0 aromatic heterocycles. The van der Waals surface area contributed by atoms with Gasteiger partial charge in [-0.05, 0) is 31.6 Å². The van der Waals surface area contributed by atoms with Crippen LogP contribution in [0.4, 0.5) is 0 Å². The Morgan fingerprint density at radius 1 is 1.32 bits per heavy atom. The summed E-state index contributed by atoms with van der Waals surface area (Å²) in [7, 11) is 1.85. The minimum atomic E-state index is -0.769. The Morgan fingerprint density at radius 3 is 2.37 bits per heavy atom. The standard InChI is InChI=1S/C14H25N3O2/c1-17(10-11-6-7-11)13(18)14(12(15)16-19)8-4-2-3-5-9-14/h11,19H,2-10H2,1H3,(H2,15,16). The average Bonchev–Trinajstić information content (AvgIpc) is 3.23. The lowest BCUT2D eigenvalue weighted by Gasteiger charge is -2.34. The fourth-order valence-corrected chi connectivity index (χ4v) is 3.14. The van der Waals surface area contributed by atoms with Crippen LogP contribution in [-0.2, 0) is 4.79 Å². The largest absolute Gasteiger partial charge is 0.409 e. The summed E-state index contributed by atoms with van der Waals surface area (Å²) in [5.74, 6) is 0.794. The molecule has 0 heterocycles. The van der Waals surface area contributed by atoms with E-state index in [-0.39, 0.29) is 11.7 Å². The molecule has 5 nitrogen and oxygen atoms in total. The number of amides is 1. The Balaban J connectivity index is 2.17. The topological polar surface area (TPSA) is 78.9 Å². The molecular weight excluding hydrogens is 242 g/mol. The molecule has 108 valence electrons. The molecule has 2 aliphatic carbocycles. The van der Waals surface area contributed by atoms with E-state index in [1.54, 1.807) is 4.90 Å². The van der Waals surface area contributed by atoms with Gasteiger partial charge < -0.3 is 15.8 Å². The number of nitrogens with zero attached hydrogens (tertiary/aromatic N) is 2. The minimum Gasteiger partial charge on any atom is -0.409 e. The van der Waals surface area contributed by atoms with Crippen molar-refractivity contribution in [2.75, 3.05) is 13.6 Å². The van der Waals surface area contributed by atoms with Gasteiger partial charge in [-0.2, -0.15) is 0 Å². The molecule has 0 atom stereocenters. The Morgan fingerprint density at radius 2 is 1.89 bits per heavy atom. The van der Waals surface area contributed by atoms with E-state index >= 15 is 0 Å². The first-order valence-corrected chi connectivity index (χ1v) is 7.34. The van der Waals surface area contributed by atoms with Crippen molar-refractivity contribution in [1.29, 1.82) is 0 Å². The van der Waals surface area contributed by atoms with Crippen LogP contribution in [0.25, 0.3) is 0 Å². The van der Waals surface area contributed by atoms with Crippen molar-refractivity contribution in [3.8, 4) is 0 Å². The van der Waals surface area contributed by atoms with Crippen molar-refractivity contribution in [2.24, 2.45) is 22.2 Å². The van der Waals surface area contributed by atoms with Crippen LogP contribution in [0.2, 0.25) is 0 Å². The smallest absolute Gasteiger partial charge is 0.236 e. The SMILES string of the molecule is CN(CC1CC1)C(=O)C1(C(N)=NO)CCCCCC1. The van der Waals surface area contributed by atoms with Gasteiger partial charge >= 0.3 is 0 Å². The molecule has 0 aliphatic heterocycles. The van der Waals surface area contributed by atoms with Gasteiger partial charge in [0.25, 0.3) is 0 Å². The summed E-state index contributed by atoms with van der Waals surface area (Å²) in [6.07, 6.45) is 8.04. The molecule has 2 rings (SSSR count). The van der Waals surface area contributed by atoms with Crippen molar-refractivity contribution < 1.29 is 10.0 Å². The lowest BCUT2D eigenvalue weighted by atomic mass is 9.77. The fraction of sp³-hybridized carbons (Fsp3) is 0.857. The first kappa shape index (κ1) is 14.2. The maximum atomic E-state index is 12.8. The number of hydrogen-bond acceptors (Lipinski definition) is 3. The first-order valence-electron chi connectivity index (χ1n) is 7.34. The third-order valence-electron chi connectivity index (χ3n) is 4.54. The highest BCUT2D eigenvalue weighted by atomic mass is 16.4. The lowest BCUT2D eigenvalue weighted by Crippen LogP contribution is -2.50. The number of oxime groups is 1. The van der Waals surface area contributed by atoms with Crippen molar-refractivity contribution >= 4 is 11.7 Å². The lowest BCUT2D eigenvalue weighted by molar-refractivity contribution is -0.138. The monoisotopic (exact) mass is 267 g/mol. The molecule has 19 heavy (non-hydrogen) atoms. The second kappa shape index (κ2) is 5.80. The zero-order valence-electron chi connectivity index (χ0n) is 11.8. The summed E-state index contributed by atoms with van der Waals surface area (Å²) in [6, 6.07) is 0. The molecule has 0 bridgehead atoms. The molecule has 2 aliphatic rings. The van der Waals surface area contributed by atoms with Gasteiger partial charge in [-0.1, -0.05) is 30.8 Å². The maximum absolute atomic E-state index is 12.8. The van der Waals surface area contributed by atoms with Crippen LogP contribution in [0.1, 0.15) is 51.4 Å². The summed E-state index contributed by atoms with van der Waals surface area (Å²) < 4.78 is 0. The maximum Gasteiger partial charge on any atom is 0.236 e. The molecule has 0 aromatic carbocycles. The Hall–Kier alpha value is -1.26. The zero-order chi connectivity index (χ0) is 13.9. The summed E-state index contributed by atoms with van der Waals surface area (Å²) >= 11 is 0. The van der Waals surface area contributed by atoms with Gasteiger partial charge in [0.2, 0.25) is 5.91 Å². The quantitative estimate of drug-likeness (QED) is 0.268. The van der Waals surface area contributed by atoms with Crippen molar-refractivity contribution in [3.05, 3.63) is 0 Å². The number of carbonyl (C=O) groups is 1. The minimum absolute atomic E-state index is 0.0385. The van der Waals surface area contributed by atoms with Crippen molar-refractivity contribution in [2.45, 2.75) is 51.4 Å². The van der Waals surface area contributed by atoms with E-state index in [4.69, 9.17) is 10.9 Å². The number of nitrogens with two attached hydrogens (primary N) is 1. The van der Waals surface area contributed by atoms with Gasteiger partial charge in [-0.15, -0.1) is 0 Å². The van der Waals surface area contributed by atoms with Crippen LogP contribution in [0, 0.1) is 11.3 Å². The van der Waals surface area contributed by atoms with Crippen LogP contribution in [0.3, 0.4) is 0 Å². The average molecular weight is 267 g/mol. The highest BCUT2D eigenvalue weighted by Gasteiger charge is 2.45. The summed E-state index contributed by atoms with van der Waals surface area (Å²) in [5, 5.41) is 12.2. The third-order valence-corrected chi connectivity index (χ3v) is 4.54. The molecule has 0 spiro atoms. The van der Waals surface area contributed by atoms with Crippen LogP contribution in [0.5, 0.6) is 0 Å². The molecular formula is C14H25N3O2. The molecule has 5 heteroatoms. The predicted octanol–water partition coefficient (Wildman–Crippen LogP) is 1.94. The van der Waals surface area contributed by atoms with Crippen LogP contribution in [-0.4, -0.2) is 35.4 Å². The highest BCUT2D eigenvalue weighted by molar-refractivity contribution is 6.06. The number of amidine groups is 1. The first-order chi connectivity index (χ1) is 9.10. The van der Waals surface area contributed by atoms with Crippen LogP contribution < -0.4 is 5.73 Å². The zero-order valence-corrected chi connectivity index (χ0v) is 11.8. The summed E-state index contributed by atoms with van der Waals surface area (Å²) in [6.45, 7) is 0.805. The Kier molecular flexibility index (Phi) is 4.32. The van der Waals surface area contributed by atoms with E-state index in [1.807, 2.05) is 7.05 Å². The fourth-order valence-electron chi connectivity index (χ4n) is 3.14. The molecule has 3 N–H and O–H groups in total. The van der Waals surface area contributed by atoms with Gasteiger partial charge in [0, 0.05) is 13.6 Å². The molecule has 0 radical (unpaired) electrons. The van der Waals surface area contributed by atoms with E-state index in [2.05, 4.69) is 5.16 Å². The number of rotatable bonds is 4. The van der Waals surface area contributed by atoms with E-state index in [1.165, 1.54) is 12.8 Å². The normalized spacial score (nSPS) is 23.7. The Labute approximate surface area is 114 Å².